The van der Waals surface area contributed by atoms with Gasteiger partial charge in [-0.2, -0.15) is 0 Å². The number of rotatable bonds is 6. The molecule has 0 N–H and O–H groups in total. The first-order valence-corrected chi connectivity index (χ1v) is 20.5. The van der Waals surface area contributed by atoms with Crippen molar-refractivity contribution in [3.63, 3.8) is 0 Å². The summed E-state index contributed by atoms with van der Waals surface area (Å²) in [5.74, 6) is 2.01. The minimum absolute atomic E-state index is 0.107. The molecule has 0 amide bonds. The fraction of sp³-hybridized carbons (Fsp3) is 0.133. The molecule has 0 bridgehead atoms. The zero-order valence-electron chi connectivity index (χ0n) is 28.7. The Hall–Kier alpha value is -5.45. The summed E-state index contributed by atoms with van der Waals surface area (Å²) in [7, 11) is -1.41. The van der Waals surface area contributed by atoms with Crippen molar-refractivity contribution in [3.8, 4) is 67.5 Å². The van der Waals surface area contributed by atoms with E-state index < -0.39 is 8.07 Å². The molecule has 0 fully saturated rings. The van der Waals surface area contributed by atoms with Crippen LogP contribution in [-0.2, 0) is 5.41 Å². The standard InChI is InChI=1S/C45H39N3Si/c1-45(2)40-20-10-9-19-38(40)39-26-25-36(29-41(39)45)44-47-42(31-13-7-6-8-14-31)46-43(48-44)32-23-21-30(22-24-32)33-15-11-16-34(27-33)35-17-12-18-37(28-35)49(3,4)5/h6-29H,1-5H3. The van der Waals surface area contributed by atoms with Gasteiger partial charge in [-0.15, -0.1) is 0 Å². The van der Waals surface area contributed by atoms with Gasteiger partial charge in [-0.3, -0.25) is 0 Å². The van der Waals surface area contributed by atoms with E-state index in [9.17, 15) is 0 Å². The van der Waals surface area contributed by atoms with E-state index in [0.29, 0.717) is 17.5 Å². The molecular formula is C45H39N3Si. The van der Waals surface area contributed by atoms with Crippen molar-refractivity contribution in [2.75, 3.05) is 0 Å². The van der Waals surface area contributed by atoms with Gasteiger partial charge in [-0.25, -0.2) is 15.0 Å². The molecule has 238 valence electrons. The number of fused-ring (bicyclic) bond motifs is 3. The summed E-state index contributed by atoms with van der Waals surface area (Å²) in [6.45, 7) is 11.8. The topological polar surface area (TPSA) is 38.7 Å². The number of hydrogen-bond acceptors (Lipinski definition) is 3. The molecule has 0 atom stereocenters. The first-order valence-electron chi connectivity index (χ1n) is 17.0. The van der Waals surface area contributed by atoms with Gasteiger partial charge in [0.15, 0.2) is 17.5 Å². The molecule has 49 heavy (non-hydrogen) atoms. The van der Waals surface area contributed by atoms with E-state index in [1.165, 1.54) is 44.1 Å². The van der Waals surface area contributed by atoms with Crippen LogP contribution in [0.3, 0.4) is 0 Å². The highest BCUT2D eigenvalue weighted by Gasteiger charge is 2.35. The predicted octanol–water partition coefficient (Wildman–Crippen LogP) is 11.1. The third-order valence-electron chi connectivity index (χ3n) is 9.91. The molecule has 1 aliphatic rings. The molecule has 1 aromatic heterocycles. The van der Waals surface area contributed by atoms with Crippen LogP contribution in [0.4, 0.5) is 0 Å². The zero-order valence-corrected chi connectivity index (χ0v) is 29.7. The van der Waals surface area contributed by atoms with E-state index in [1.54, 1.807) is 0 Å². The van der Waals surface area contributed by atoms with Crippen LogP contribution in [0.2, 0.25) is 19.6 Å². The fourth-order valence-corrected chi connectivity index (χ4v) is 8.23. The van der Waals surface area contributed by atoms with E-state index in [0.717, 1.165) is 22.3 Å². The molecule has 0 unspecified atom stereocenters. The minimum Gasteiger partial charge on any atom is -0.208 e. The molecule has 8 rings (SSSR count). The Morgan fingerprint density at radius 3 is 1.57 bits per heavy atom. The first-order chi connectivity index (χ1) is 23.6. The van der Waals surface area contributed by atoms with Gasteiger partial charge in [0.2, 0.25) is 0 Å². The Bertz CT molecular complexity index is 2330. The Kier molecular flexibility index (Phi) is 7.50. The number of hydrogen-bond donors (Lipinski definition) is 0. The molecule has 7 aromatic rings. The fourth-order valence-electron chi connectivity index (χ4n) is 7.05. The Labute approximate surface area is 290 Å². The summed E-state index contributed by atoms with van der Waals surface area (Å²) in [5, 5.41) is 1.47. The second-order valence-corrected chi connectivity index (χ2v) is 19.7. The molecule has 6 aromatic carbocycles. The highest BCUT2D eigenvalue weighted by Crippen LogP contribution is 2.49. The van der Waals surface area contributed by atoms with Crippen LogP contribution in [0.5, 0.6) is 0 Å². The molecule has 1 aliphatic carbocycles. The summed E-state index contributed by atoms with van der Waals surface area (Å²) >= 11 is 0. The summed E-state index contributed by atoms with van der Waals surface area (Å²) < 4.78 is 0. The average Bonchev–Trinajstić information content (AvgIpc) is 3.37. The lowest BCUT2D eigenvalue weighted by atomic mass is 9.82. The summed E-state index contributed by atoms with van der Waals surface area (Å²) in [5.41, 5.74) is 12.9. The molecule has 0 aliphatic heterocycles. The molecule has 0 saturated carbocycles. The third-order valence-corrected chi connectivity index (χ3v) is 12.0. The molecule has 1 heterocycles. The van der Waals surface area contributed by atoms with Crippen molar-refractivity contribution in [2.45, 2.75) is 38.9 Å². The lowest BCUT2D eigenvalue weighted by Crippen LogP contribution is -2.37. The van der Waals surface area contributed by atoms with Crippen LogP contribution < -0.4 is 5.19 Å². The lowest BCUT2D eigenvalue weighted by molar-refractivity contribution is 0.660. The number of benzene rings is 6. The van der Waals surface area contributed by atoms with Gasteiger partial charge in [0.1, 0.15) is 0 Å². The van der Waals surface area contributed by atoms with Gasteiger partial charge in [0, 0.05) is 22.1 Å². The Balaban J connectivity index is 1.17. The number of nitrogens with zero attached hydrogens (tertiary/aromatic N) is 3. The van der Waals surface area contributed by atoms with Gasteiger partial charge < -0.3 is 0 Å². The highest BCUT2D eigenvalue weighted by molar-refractivity contribution is 6.88. The van der Waals surface area contributed by atoms with Crippen LogP contribution in [0.25, 0.3) is 67.5 Å². The predicted molar refractivity (Wildman–Crippen MR) is 208 cm³/mol. The van der Waals surface area contributed by atoms with Gasteiger partial charge in [0.05, 0.1) is 8.07 Å². The molecule has 0 spiro atoms. The summed E-state index contributed by atoms with van der Waals surface area (Å²) in [6, 6.07) is 52.1. The van der Waals surface area contributed by atoms with Crippen LogP contribution in [-0.4, -0.2) is 23.0 Å². The molecule has 3 nitrogen and oxygen atoms in total. The van der Waals surface area contributed by atoms with Gasteiger partial charge in [-0.05, 0) is 56.6 Å². The van der Waals surface area contributed by atoms with Gasteiger partial charge in [0.25, 0.3) is 0 Å². The lowest BCUT2D eigenvalue weighted by Gasteiger charge is -2.21. The van der Waals surface area contributed by atoms with Crippen molar-refractivity contribution < 1.29 is 0 Å². The van der Waals surface area contributed by atoms with Crippen molar-refractivity contribution in [1.29, 1.82) is 0 Å². The highest BCUT2D eigenvalue weighted by atomic mass is 28.3. The normalized spacial score (nSPS) is 13.2. The maximum absolute atomic E-state index is 5.09. The second kappa shape index (κ2) is 11.9. The number of aromatic nitrogens is 3. The van der Waals surface area contributed by atoms with Crippen molar-refractivity contribution in [3.05, 3.63) is 157 Å². The molecule has 4 heteroatoms. The van der Waals surface area contributed by atoms with Crippen molar-refractivity contribution in [2.24, 2.45) is 0 Å². The minimum atomic E-state index is -1.41. The van der Waals surface area contributed by atoms with E-state index in [2.05, 4.69) is 161 Å². The van der Waals surface area contributed by atoms with Gasteiger partial charge in [-0.1, -0.05) is 172 Å². The van der Waals surface area contributed by atoms with Gasteiger partial charge >= 0.3 is 0 Å². The van der Waals surface area contributed by atoms with E-state index in [-0.39, 0.29) is 5.41 Å². The average molecular weight is 650 g/mol. The molecule has 0 saturated heterocycles. The SMILES string of the molecule is CC1(C)c2ccccc2-c2ccc(-c3nc(-c4ccccc4)nc(-c4ccc(-c5cccc(-c6cccc([Si](C)(C)C)c6)c5)cc4)n3)cc21. The Morgan fingerprint density at radius 1 is 0.388 bits per heavy atom. The molecular weight excluding hydrogens is 611 g/mol. The van der Waals surface area contributed by atoms with E-state index in [4.69, 9.17) is 15.0 Å². The quantitative estimate of drug-likeness (QED) is 0.168. The summed E-state index contributed by atoms with van der Waals surface area (Å²) in [6.07, 6.45) is 0. The first kappa shape index (κ1) is 30.9. The maximum Gasteiger partial charge on any atom is 0.164 e. The maximum atomic E-state index is 5.09. The van der Waals surface area contributed by atoms with Crippen molar-refractivity contribution >= 4 is 13.3 Å². The third kappa shape index (κ3) is 5.72. The van der Waals surface area contributed by atoms with Crippen LogP contribution in [0.15, 0.2) is 146 Å². The summed E-state index contributed by atoms with van der Waals surface area (Å²) in [4.78, 5) is 15.1. The largest absolute Gasteiger partial charge is 0.208 e. The van der Waals surface area contributed by atoms with Crippen molar-refractivity contribution in [1.82, 2.24) is 15.0 Å². The smallest absolute Gasteiger partial charge is 0.164 e. The van der Waals surface area contributed by atoms with Crippen LogP contribution in [0, 0.1) is 0 Å². The monoisotopic (exact) mass is 649 g/mol. The molecule has 0 radical (unpaired) electrons. The zero-order chi connectivity index (χ0) is 33.8. The van der Waals surface area contributed by atoms with E-state index >= 15 is 0 Å². The van der Waals surface area contributed by atoms with Crippen LogP contribution in [0.1, 0.15) is 25.0 Å². The van der Waals surface area contributed by atoms with Crippen LogP contribution >= 0.6 is 0 Å². The van der Waals surface area contributed by atoms with E-state index in [1.807, 2.05) is 18.2 Å². The second-order valence-electron chi connectivity index (χ2n) is 14.6. The Morgan fingerprint density at radius 2 is 0.878 bits per heavy atom.